The zero-order chi connectivity index (χ0) is 20.8. The second-order valence-electron chi connectivity index (χ2n) is 8.52. The van der Waals surface area contributed by atoms with Gasteiger partial charge in [-0.05, 0) is 30.4 Å². The van der Waals surface area contributed by atoms with Crippen molar-refractivity contribution in [3.05, 3.63) is 42.2 Å². The van der Waals surface area contributed by atoms with Crippen molar-refractivity contribution < 1.29 is 19.2 Å². The van der Waals surface area contributed by atoms with Crippen LogP contribution in [-0.2, 0) is 25.6 Å². The number of carbonyl (C=O) groups excluding carboxylic acids is 4. The standard InChI is InChI=1S/C22H24N4O4/c27-17(12-16-3-1-2-6-23-16)24-7-9-25(10-8-24)18(28)13-26-21(29)19-14-4-5-15(11-14)20(19)22(26)30/h1-6,14-15,19-20H,7-13H2. The summed E-state index contributed by atoms with van der Waals surface area (Å²) in [4.78, 5) is 59.5. The molecule has 1 aromatic rings. The molecule has 0 aromatic carbocycles. The van der Waals surface area contributed by atoms with Crippen LogP contribution in [0.15, 0.2) is 36.5 Å². The minimum Gasteiger partial charge on any atom is -0.339 e. The fourth-order valence-corrected chi connectivity index (χ4v) is 5.33. The van der Waals surface area contributed by atoms with E-state index in [0.717, 1.165) is 12.1 Å². The van der Waals surface area contributed by atoms with Crippen LogP contribution in [0, 0.1) is 23.7 Å². The maximum absolute atomic E-state index is 12.8. The zero-order valence-corrected chi connectivity index (χ0v) is 16.6. The summed E-state index contributed by atoms with van der Waals surface area (Å²) in [6, 6.07) is 5.48. The highest BCUT2D eigenvalue weighted by atomic mass is 16.2. The average molecular weight is 408 g/mol. The number of imide groups is 1. The molecule has 0 N–H and O–H groups in total. The summed E-state index contributed by atoms with van der Waals surface area (Å²) in [6.45, 7) is 1.51. The maximum Gasteiger partial charge on any atom is 0.242 e. The first-order valence-electron chi connectivity index (χ1n) is 10.5. The topological polar surface area (TPSA) is 90.9 Å². The lowest BCUT2D eigenvalue weighted by Crippen LogP contribution is -2.53. The molecule has 8 nitrogen and oxygen atoms in total. The van der Waals surface area contributed by atoms with Crippen LogP contribution in [0.5, 0.6) is 0 Å². The van der Waals surface area contributed by atoms with Crippen LogP contribution in [-0.4, -0.2) is 76.0 Å². The summed E-state index contributed by atoms with van der Waals surface area (Å²) in [7, 11) is 0. The average Bonchev–Trinajstić information content (AvgIpc) is 3.45. The predicted molar refractivity (Wildman–Crippen MR) is 106 cm³/mol. The van der Waals surface area contributed by atoms with E-state index in [1.165, 1.54) is 4.90 Å². The van der Waals surface area contributed by atoms with E-state index in [0.29, 0.717) is 26.2 Å². The molecule has 8 heteroatoms. The van der Waals surface area contributed by atoms with Gasteiger partial charge >= 0.3 is 0 Å². The molecular weight excluding hydrogens is 384 g/mol. The summed E-state index contributed by atoms with van der Waals surface area (Å²) >= 11 is 0. The Kier molecular flexibility index (Phi) is 4.64. The Bertz CT molecular complexity index is 892. The third-order valence-electron chi connectivity index (χ3n) is 6.90. The number of rotatable bonds is 4. The quantitative estimate of drug-likeness (QED) is 0.521. The molecule has 156 valence electrons. The zero-order valence-electron chi connectivity index (χ0n) is 16.6. The summed E-state index contributed by atoms with van der Waals surface area (Å²) in [6.07, 6.45) is 6.87. The monoisotopic (exact) mass is 408 g/mol. The van der Waals surface area contributed by atoms with E-state index in [9.17, 15) is 19.2 Å². The fourth-order valence-electron chi connectivity index (χ4n) is 5.33. The van der Waals surface area contributed by atoms with Crippen LogP contribution in [0.4, 0.5) is 0 Å². The number of allylic oxidation sites excluding steroid dienone is 2. The smallest absolute Gasteiger partial charge is 0.242 e. The number of nitrogens with zero attached hydrogens (tertiary/aromatic N) is 4. The van der Waals surface area contributed by atoms with Crippen molar-refractivity contribution in [2.75, 3.05) is 32.7 Å². The highest BCUT2D eigenvalue weighted by molar-refractivity contribution is 6.08. The molecule has 5 rings (SSSR count). The first kappa shape index (κ1) is 19.0. The van der Waals surface area contributed by atoms with Gasteiger partial charge in [0.05, 0.1) is 18.3 Å². The van der Waals surface area contributed by atoms with Crippen molar-refractivity contribution in [2.24, 2.45) is 23.7 Å². The summed E-state index contributed by atoms with van der Waals surface area (Å²) < 4.78 is 0. The van der Waals surface area contributed by atoms with Gasteiger partial charge in [0.15, 0.2) is 0 Å². The predicted octanol–water partition coefficient (Wildman–Crippen LogP) is 0.102. The van der Waals surface area contributed by atoms with Crippen molar-refractivity contribution in [3.63, 3.8) is 0 Å². The van der Waals surface area contributed by atoms with Gasteiger partial charge in [-0.15, -0.1) is 0 Å². The van der Waals surface area contributed by atoms with Crippen LogP contribution >= 0.6 is 0 Å². The van der Waals surface area contributed by atoms with E-state index < -0.39 is 0 Å². The van der Waals surface area contributed by atoms with Gasteiger partial charge < -0.3 is 9.80 Å². The largest absolute Gasteiger partial charge is 0.339 e. The Morgan fingerprint density at radius 2 is 1.50 bits per heavy atom. The molecule has 4 aliphatic rings. The molecule has 30 heavy (non-hydrogen) atoms. The minimum atomic E-state index is -0.277. The number of likely N-dealkylation sites (tertiary alicyclic amines) is 1. The van der Waals surface area contributed by atoms with Gasteiger partial charge in [-0.3, -0.25) is 29.1 Å². The number of piperazine rings is 1. The Labute approximate surface area is 174 Å². The van der Waals surface area contributed by atoms with Crippen molar-refractivity contribution in [1.82, 2.24) is 19.7 Å². The Morgan fingerprint density at radius 1 is 0.900 bits per heavy atom. The number of hydrogen-bond acceptors (Lipinski definition) is 5. The molecule has 4 unspecified atom stereocenters. The van der Waals surface area contributed by atoms with E-state index in [2.05, 4.69) is 4.98 Å². The molecule has 3 fully saturated rings. The van der Waals surface area contributed by atoms with E-state index >= 15 is 0 Å². The number of pyridine rings is 1. The van der Waals surface area contributed by atoms with Gasteiger partial charge in [-0.2, -0.15) is 0 Å². The lowest BCUT2D eigenvalue weighted by atomic mass is 9.85. The van der Waals surface area contributed by atoms with Crippen LogP contribution in [0.3, 0.4) is 0 Å². The van der Waals surface area contributed by atoms with Gasteiger partial charge in [0, 0.05) is 38.1 Å². The Balaban J connectivity index is 1.15. The van der Waals surface area contributed by atoms with Crippen molar-refractivity contribution >= 4 is 23.6 Å². The number of carbonyl (C=O) groups is 4. The fraction of sp³-hybridized carbons (Fsp3) is 0.500. The Hall–Kier alpha value is -3.03. The molecular formula is C22H24N4O4. The third kappa shape index (κ3) is 3.11. The van der Waals surface area contributed by atoms with E-state index in [4.69, 9.17) is 0 Å². The lowest BCUT2D eigenvalue weighted by Gasteiger charge is -2.35. The van der Waals surface area contributed by atoms with Crippen LogP contribution in [0.25, 0.3) is 0 Å². The molecule has 0 spiro atoms. The lowest BCUT2D eigenvalue weighted by molar-refractivity contribution is -0.148. The molecule has 2 bridgehead atoms. The number of hydrogen-bond donors (Lipinski definition) is 0. The highest BCUT2D eigenvalue weighted by Gasteiger charge is 2.59. The first-order valence-corrected chi connectivity index (χ1v) is 10.5. The molecule has 2 saturated heterocycles. The van der Waals surface area contributed by atoms with Gasteiger partial charge in [0.25, 0.3) is 0 Å². The number of fused-ring (bicyclic) bond motifs is 5. The molecule has 1 aromatic heterocycles. The van der Waals surface area contributed by atoms with Crippen LogP contribution in [0.1, 0.15) is 12.1 Å². The van der Waals surface area contributed by atoms with Crippen molar-refractivity contribution in [1.29, 1.82) is 0 Å². The maximum atomic E-state index is 12.8. The second-order valence-corrected chi connectivity index (χ2v) is 8.52. The van der Waals surface area contributed by atoms with E-state index in [-0.39, 0.29) is 60.3 Å². The van der Waals surface area contributed by atoms with E-state index in [1.54, 1.807) is 16.0 Å². The normalized spacial score (nSPS) is 29.7. The number of aromatic nitrogens is 1. The van der Waals surface area contributed by atoms with Gasteiger partial charge in [-0.1, -0.05) is 18.2 Å². The van der Waals surface area contributed by atoms with Crippen molar-refractivity contribution in [3.8, 4) is 0 Å². The molecule has 4 atom stereocenters. The minimum absolute atomic E-state index is 0.0125. The molecule has 3 heterocycles. The van der Waals surface area contributed by atoms with Gasteiger partial charge in [0.1, 0.15) is 6.54 Å². The summed E-state index contributed by atoms with van der Waals surface area (Å²) in [5, 5.41) is 0. The van der Waals surface area contributed by atoms with Crippen molar-refractivity contribution in [2.45, 2.75) is 12.8 Å². The van der Waals surface area contributed by atoms with Crippen LogP contribution in [0.2, 0.25) is 0 Å². The van der Waals surface area contributed by atoms with E-state index in [1.807, 2.05) is 30.4 Å². The molecule has 4 amide bonds. The van der Waals surface area contributed by atoms with Gasteiger partial charge in [0.2, 0.25) is 23.6 Å². The summed E-state index contributed by atoms with van der Waals surface area (Å²) in [5.41, 5.74) is 0.723. The number of amides is 4. The molecule has 2 aliphatic heterocycles. The Morgan fingerprint density at radius 3 is 2.07 bits per heavy atom. The second kappa shape index (κ2) is 7.34. The highest BCUT2D eigenvalue weighted by Crippen LogP contribution is 2.52. The molecule has 0 radical (unpaired) electrons. The SMILES string of the molecule is O=C(Cc1ccccn1)N1CCN(C(=O)CN2C(=O)C3C4C=CC(C4)C3C2=O)CC1. The van der Waals surface area contributed by atoms with Crippen LogP contribution < -0.4 is 0 Å². The first-order chi connectivity index (χ1) is 14.5. The van der Waals surface area contributed by atoms with Gasteiger partial charge in [-0.25, -0.2) is 0 Å². The molecule has 1 saturated carbocycles. The molecule has 2 aliphatic carbocycles. The summed E-state index contributed by atoms with van der Waals surface area (Å²) in [5.74, 6) is -0.896. The third-order valence-corrected chi connectivity index (χ3v) is 6.90.